The second-order valence-electron chi connectivity index (χ2n) is 46.1. The van der Waals surface area contributed by atoms with E-state index in [2.05, 4.69) is 442 Å². The summed E-state index contributed by atoms with van der Waals surface area (Å²) < 4.78 is 27.0. The van der Waals surface area contributed by atoms with Crippen LogP contribution in [0.25, 0.3) is 77.2 Å². The summed E-state index contributed by atoms with van der Waals surface area (Å²) in [4.78, 5) is 5.22. The molecule has 13 aromatic rings. The third-order valence-corrected chi connectivity index (χ3v) is 25.2. The molecule has 0 saturated heterocycles. The minimum Gasteiger partial charge on any atom is -0.311 e. The molecule has 0 amide bonds. The quantitative estimate of drug-likeness (QED) is 0.148. The van der Waals surface area contributed by atoms with Crippen LogP contribution in [0.5, 0.6) is 0 Å². The van der Waals surface area contributed by atoms with Crippen molar-refractivity contribution in [3.05, 3.63) is 255 Å². The van der Waals surface area contributed by atoms with E-state index in [0.29, 0.717) is 5.56 Å². The van der Waals surface area contributed by atoms with Gasteiger partial charge in [-0.3, -0.25) is 0 Å². The molecule has 0 aliphatic carbocycles. The summed E-state index contributed by atoms with van der Waals surface area (Å²) in [7, 11) is 0. The molecule has 4 heterocycles. The summed E-state index contributed by atoms with van der Waals surface area (Å²) in [5, 5.41) is 4.94. The van der Waals surface area contributed by atoms with E-state index in [1.807, 2.05) is 0 Å². The van der Waals surface area contributed by atoms with Gasteiger partial charge in [0.2, 0.25) is 0 Å². The number of nitrogens with zero attached hydrogens (tertiary/aromatic N) is 4. The standard InChI is InChI=1S/C111H133BN4/c1-101(2,3)66-67-50-98-100-99(51-67)116(91-45-35-71(103(7,8)9)59-83(91)69-54-78(110(28,29)30)57-79(55-69)111(31,32)33)97-65-81(114-94-48-38-74(106(16,17)18)62-86(94)87-63-75(107(19,20)21)39-49-95(87)114)41-43-89(97)112(100)88-42-40-80(113-92-46-36-72(104(10,11)12)60-84(92)85-61-73(105(13,14)15)37-47-93(85)113)64-96(88)115(98)90-44-34-70(102(4,5)6)58-82(90)68-52-76(108(22,23)24)56-77(53-68)109(25,26)27/h34-65H,66H2,1-33H3/i66D2. The average Bonchev–Trinajstić information content (AvgIpc) is 0.860. The number of fused-ring (bicyclic) bond motifs is 10. The molecule has 0 spiro atoms. The highest BCUT2D eigenvalue weighted by Crippen LogP contribution is 2.54. The van der Waals surface area contributed by atoms with Crippen LogP contribution in [0.2, 0.25) is 0 Å². The lowest BCUT2D eigenvalue weighted by atomic mass is 9.33. The summed E-state index contributed by atoms with van der Waals surface area (Å²) in [6, 6.07) is 77.7. The summed E-state index contributed by atoms with van der Waals surface area (Å²) in [5.74, 6) is 0. The Morgan fingerprint density at radius 2 is 0.500 bits per heavy atom. The lowest BCUT2D eigenvalue weighted by Crippen LogP contribution is -2.61. The van der Waals surface area contributed by atoms with Crippen molar-refractivity contribution in [1.29, 1.82) is 0 Å². The fraction of sp³-hybridized carbons (Fsp3) is 0.405. The highest BCUT2D eigenvalue weighted by molar-refractivity contribution is 7.00. The van der Waals surface area contributed by atoms with Gasteiger partial charge in [0.05, 0.1) is 33.4 Å². The van der Waals surface area contributed by atoms with Crippen LogP contribution in [0.1, 0.15) is 292 Å². The molecule has 0 unspecified atom stereocenters. The molecular formula is C111H133BN4. The van der Waals surface area contributed by atoms with Crippen LogP contribution in [0.15, 0.2) is 194 Å². The van der Waals surface area contributed by atoms with Crippen molar-refractivity contribution in [3.8, 4) is 33.6 Å². The predicted octanol–water partition coefficient (Wildman–Crippen LogP) is 29.9. The van der Waals surface area contributed by atoms with Gasteiger partial charge in [-0.25, -0.2) is 0 Å². The molecule has 0 N–H and O–H groups in total. The second kappa shape index (κ2) is 27.1. The Balaban J connectivity index is 1.15. The van der Waals surface area contributed by atoms with E-state index in [0.717, 1.165) is 95.3 Å². The van der Waals surface area contributed by atoms with E-state index in [9.17, 15) is 2.74 Å². The summed E-state index contributed by atoms with van der Waals surface area (Å²) in [5.41, 5.74) is 31.9. The van der Waals surface area contributed by atoms with Crippen LogP contribution in [0, 0.1) is 5.41 Å². The minimum absolute atomic E-state index is 0.0857. The Hall–Kier alpha value is -9.32. The minimum atomic E-state index is -1.87. The Kier molecular flexibility index (Phi) is 18.5. The van der Waals surface area contributed by atoms with Gasteiger partial charge in [0.15, 0.2) is 0 Å². The number of hydrogen-bond donors (Lipinski definition) is 0. The maximum Gasteiger partial charge on any atom is 0.252 e. The molecule has 0 radical (unpaired) electrons. The van der Waals surface area contributed by atoms with Gasteiger partial charge in [-0.05, 0) is 264 Å². The molecule has 600 valence electrons. The van der Waals surface area contributed by atoms with Gasteiger partial charge in [0.25, 0.3) is 6.71 Å². The monoisotopic (exact) mass is 1540 g/mol. The zero-order chi connectivity index (χ0) is 86.1. The van der Waals surface area contributed by atoms with Gasteiger partial charge in [0.1, 0.15) is 0 Å². The lowest BCUT2D eigenvalue weighted by molar-refractivity contribution is 0.411. The van der Waals surface area contributed by atoms with Crippen molar-refractivity contribution in [2.75, 3.05) is 9.80 Å². The average molecular weight is 1540 g/mol. The third kappa shape index (κ3) is 14.8. The number of aromatic nitrogens is 2. The van der Waals surface area contributed by atoms with E-state index in [4.69, 9.17) is 0 Å². The van der Waals surface area contributed by atoms with E-state index >= 15 is 0 Å². The first-order valence-corrected chi connectivity index (χ1v) is 43.1. The Morgan fingerprint density at radius 3 is 0.759 bits per heavy atom. The lowest BCUT2D eigenvalue weighted by Gasteiger charge is -2.45. The van der Waals surface area contributed by atoms with E-state index < -0.39 is 11.8 Å². The molecule has 4 nitrogen and oxygen atoms in total. The Morgan fingerprint density at radius 1 is 0.241 bits per heavy atom. The molecule has 5 heteroatoms. The Labute approximate surface area is 701 Å². The zero-order valence-corrected chi connectivity index (χ0v) is 76.8. The zero-order valence-electron chi connectivity index (χ0n) is 78.8. The van der Waals surface area contributed by atoms with Crippen molar-refractivity contribution < 1.29 is 2.74 Å². The summed E-state index contributed by atoms with van der Waals surface area (Å²) in [6.07, 6.45) is -1.87. The molecule has 2 aliphatic heterocycles. The van der Waals surface area contributed by atoms with Crippen molar-refractivity contribution in [2.24, 2.45) is 5.41 Å². The van der Waals surface area contributed by atoms with Gasteiger partial charge in [0, 0.05) is 69.5 Å². The van der Waals surface area contributed by atoms with Crippen molar-refractivity contribution in [1.82, 2.24) is 9.13 Å². The molecule has 0 fully saturated rings. The smallest absolute Gasteiger partial charge is 0.252 e. The molecule has 15 rings (SSSR count). The normalized spacial score (nSPS) is 14.6. The second-order valence-corrected chi connectivity index (χ2v) is 46.1. The van der Waals surface area contributed by atoms with Crippen LogP contribution in [-0.2, 0) is 60.5 Å². The van der Waals surface area contributed by atoms with Crippen molar-refractivity contribution >= 4 is 101 Å². The van der Waals surface area contributed by atoms with Crippen LogP contribution in [0.3, 0.4) is 0 Å². The highest BCUT2D eigenvalue weighted by Gasteiger charge is 2.46. The first-order chi connectivity index (χ1) is 54.2. The van der Waals surface area contributed by atoms with Gasteiger partial charge in [-0.1, -0.05) is 313 Å². The third-order valence-electron chi connectivity index (χ3n) is 25.2. The fourth-order valence-electron chi connectivity index (χ4n) is 17.9. The first-order valence-electron chi connectivity index (χ1n) is 44.1. The van der Waals surface area contributed by atoms with E-state index in [-0.39, 0.29) is 60.9 Å². The van der Waals surface area contributed by atoms with Gasteiger partial charge in [-0.2, -0.15) is 0 Å². The van der Waals surface area contributed by atoms with Gasteiger partial charge < -0.3 is 18.9 Å². The van der Waals surface area contributed by atoms with E-state index in [1.54, 1.807) is 0 Å². The molecule has 11 aromatic carbocycles. The first kappa shape index (κ1) is 79.2. The topological polar surface area (TPSA) is 16.3 Å². The van der Waals surface area contributed by atoms with Crippen LogP contribution >= 0.6 is 0 Å². The maximum absolute atomic E-state index is 11.0. The summed E-state index contributed by atoms with van der Waals surface area (Å²) >= 11 is 0. The SMILES string of the molecule is [2H]C([2H])(c1cc2c3c(c1)N(c1ccc(C(C)(C)C)cc1-c1cc(C(C)(C)C)cc(C(C)(C)C)c1)c1cc(-n4c5ccc(C(C)(C)C)cc5c5cc(C(C)(C)C)ccc54)ccc1B3c1ccc(-n3c4ccc(C(C)(C)C)cc4c4cc(C(C)(C)C)ccc43)cc1N2c1ccc(C(C)(C)C)cc1-c1cc(C(C)(C)C)cc(C(C)(C)C)c1)C(C)(C)C. The Bertz CT molecular complexity index is 5670. The molecule has 0 atom stereocenters. The maximum atomic E-state index is 11.0. The fourth-order valence-corrected chi connectivity index (χ4v) is 17.9. The highest BCUT2D eigenvalue weighted by atomic mass is 15.2. The van der Waals surface area contributed by atoms with Crippen molar-refractivity contribution in [2.45, 2.75) is 289 Å². The number of hydrogen-bond acceptors (Lipinski definition) is 2. The van der Waals surface area contributed by atoms with E-state index in [1.165, 1.54) is 88.1 Å². The van der Waals surface area contributed by atoms with Gasteiger partial charge in [-0.15, -0.1) is 0 Å². The predicted molar refractivity (Wildman–Crippen MR) is 510 cm³/mol. The summed E-state index contributed by atoms with van der Waals surface area (Å²) in [6.45, 7) is 76.1. The number of benzene rings is 11. The largest absolute Gasteiger partial charge is 0.311 e. The molecule has 2 aromatic heterocycles. The van der Waals surface area contributed by atoms with Crippen molar-refractivity contribution in [3.63, 3.8) is 0 Å². The molecular weight excluding hydrogens is 1400 g/mol. The van der Waals surface area contributed by atoms with Crippen LogP contribution in [0.4, 0.5) is 34.1 Å². The van der Waals surface area contributed by atoms with Gasteiger partial charge >= 0.3 is 0 Å². The molecule has 0 saturated carbocycles. The molecule has 116 heavy (non-hydrogen) atoms. The van der Waals surface area contributed by atoms with Crippen LogP contribution < -0.4 is 26.2 Å². The van der Waals surface area contributed by atoms with Crippen LogP contribution in [-0.4, -0.2) is 15.8 Å². The number of anilines is 6. The molecule has 2 aliphatic rings. The number of rotatable bonds is 7. The molecule has 0 bridgehead atoms.